The molecule has 1 N–H and O–H groups in total. The summed E-state index contributed by atoms with van der Waals surface area (Å²) in [6, 6.07) is 0. The average molecular weight is 199 g/mol. The molecule has 0 aliphatic heterocycles. The minimum absolute atomic E-state index is 0.205. The monoisotopic (exact) mass is 199 g/mol. The Morgan fingerprint density at radius 2 is 2.14 bits per heavy atom. The van der Waals surface area contributed by atoms with Gasteiger partial charge in [0.1, 0.15) is 12.1 Å². The molecule has 5 heteroatoms. The average Bonchev–Trinajstić information content (AvgIpc) is 2.47. The first-order chi connectivity index (χ1) is 6.57. The molecule has 0 aliphatic carbocycles. The van der Waals surface area contributed by atoms with Crippen molar-refractivity contribution in [3.63, 3.8) is 0 Å². The summed E-state index contributed by atoms with van der Waals surface area (Å²) in [5.41, 5.74) is -0.213. The Bertz CT molecular complexity index is 340. The summed E-state index contributed by atoms with van der Waals surface area (Å²) in [4.78, 5) is 11.4. The van der Waals surface area contributed by atoms with Crippen molar-refractivity contribution in [2.45, 2.75) is 39.8 Å². The van der Waals surface area contributed by atoms with E-state index in [9.17, 15) is 4.79 Å². The third-order valence-corrected chi connectivity index (χ3v) is 2.02. The molecule has 0 radical (unpaired) electrons. The highest BCUT2D eigenvalue weighted by Crippen LogP contribution is 2.14. The summed E-state index contributed by atoms with van der Waals surface area (Å²) < 4.78 is 6.91. The van der Waals surface area contributed by atoms with Gasteiger partial charge in [-0.2, -0.15) is 5.10 Å². The van der Waals surface area contributed by atoms with Crippen molar-refractivity contribution in [1.29, 1.82) is 0 Å². The third-order valence-electron chi connectivity index (χ3n) is 2.02. The van der Waals surface area contributed by atoms with E-state index in [-0.39, 0.29) is 17.8 Å². The summed E-state index contributed by atoms with van der Waals surface area (Å²) in [5.74, 6) is 0.938. The topological polar surface area (TPSA) is 59.9 Å². The van der Waals surface area contributed by atoms with Crippen LogP contribution in [0.1, 0.15) is 45.7 Å². The van der Waals surface area contributed by atoms with Gasteiger partial charge in [0.05, 0.1) is 0 Å². The number of rotatable bonds is 4. The molecule has 0 fully saturated rings. The summed E-state index contributed by atoms with van der Waals surface area (Å²) in [6.45, 7) is 8.30. The zero-order chi connectivity index (χ0) is 10.7. The number of aromatic amines is 1. The second kappa shape index (κ2) is 4.41. The van der Waals surface area contributed by atoms with E-state index in [1.807, 2.05) is 27.7 Å². The lowest BCUT2D eigenvalue weighted by Crippen LogP contribution is -2.24. The number of hydrogen-bond donors (Lipinski definition) is 1. The van der Waals surface area contributed by atoms with Crippen molar-refractivity contribution >= 4 is 0 Å². The fourth-order valence-corrected chi connectivity index (χ4v) is 1.39. The highest BCUT2D eigenvalue weighted by Gasteiger charge is 2.16. The number of ether oxygens (including phenoxy) is 1. The van der Waals surface area contributed by atoms with E-state index in [4.69, 9.17) is 4.74 Å². The van der Waals surface area contributed by atoms with Gasteiger partial charge < -0.3 is 4.74 Å². The molecular formula is C9H17N3O2. The summed E-state index contributed by atoms with van der Waals surface area (Å²) in [6.07, 6.45) is -0.261. The normalized spacial score (nSPS) is 13.5. The highest BCUT2D eigenvalue weighted by molar-refractivity contribution is 4.93. The maximum atomic E-state index is 11.4. The lowest BCUT2D eigenvalue weighted by molar-refractivity contribution is 0.0199. The van der Waals surface area contributed by atoms with Crippen LogP contribution >= 0.6 is 0 Å². The van der Waals surface area contributed by atoms with Gasteiger partial charge in [-0.3, -0.25) is 4.57 Å². The van der Waals surface area contributed by atoms with Gasteiger partial charge in [0.15, 0.2) is 0 Å². The summed E-state index contributed by atoms with van der Waals surface area (Å²) >= 11 is 0. The molecule has 1 heterocycles. The highest BCUT2D eigenvalue weighted by atomic mass is 16.5. The van der Waals surface area contributed by atoms with E-state index in [0.717, 1.165) is 5.82 Å². The Hall–Kier alpha value is -1.10. The van der Waals surface area contributed by atoms with E-state index < -0.39 is 0 Å². The second-order valence-electron chi connectivity index (χ2n) is 3.47. The molecule has 0 bridgehead atoms. The lowest BCUT2D eigenvalue weighted by Gasteiger charge is -2.15. The Labute approximate surface area is 83.1 Å². The van der Waals surface area contributed by atoms with Gasteiger partial charge >= 0.3 is 5.69 Å². The van der Waals surface area contributed by atoms with E-state index in [1.54, 1.807) is 4.57 Å². The zero-order valence-corrected chi connectivity index (χ0v) is 9.07. The number of nitrogens with zero attached hydrogens (tertiary/aromatic N) is 2. The van der Waals surface area contributed by atoms with Gasteiger partial charge in [-0.05, 0) is 13.8 Å². The van der Waals surface area contributed by atoms with Crippen LogP contribution in [0.2, 0.25) is 0 Å². The van der Waals surface area contributed by atoms with Crippen LogP contribution in [0, 0.1) is 0 Å². The molecule has 0 aromatic carbocycles. The first-order valence-electron chi connectivity index (χ1n) is 4.86. The predicted molar refractivity (Wildman–Crippen MR) is 53.3 cm³/mol. The molecule has 1 unspecified atom stereocenters. The molecule has 0 saturated carbocycles. The van der Waals surface area contributed by atoms with Gasteiger partial charge in [-0.25, -0.2) is 9.89 Å². The number of aromatic nitrogens is 3. The largest absolute Gasteiger partial charge is 0.358 e. The zero-order valence-electron chi connectivity index (χ0n) is 9.07. The molecule has 0 saturated heterocycles. The van der Waals surface area contributed by atoms with Crippen LogP contribution < -0.4 is 5.69 Å². The SMILES string of the molecule is CCOC(C)n1c(C(C)C)n[nH]c1=O. The molecule has 1 rings (SSSR count). The van der Waals surface area contributed by atoms with Crippen LogP contribution in [0.3, 0.4) is 0 Å². The maximum Gasteiger partial charge on any atom is 0.345 e. The summed E-state index contributed by atoms with van der Waals surface area (Å²) in [7, 11) is 0. The van der Waals surface area contributed by atoms with Crippen LogP contribution in [0.5, 0.6) is 0 Å². The van der Waals surface area contributed by atoms with Gasteiger partial charge in [-0.1, -0.05) is 13.8 Å². The molecule has 80 valence electrons. The fourth-order valence-electron chi connectivity index (χ4n) is 1.39. The third kappa shape index (κ3) is 2.04. The van der Waals surface area contributed by atoms with Crippen LogP contribution in [-0.4, -0.2) is 21.4 Å². The first-order valence-corrected chi connectivity index (χ1v) is 4.86. The van der Waals surface area contributed by atoms with E-state index in [0.29, 0.717) is 6.61 Å². The van der Waals surface area contributed by atoms with Gasteiger partial charge in [-0.15, -0.1) is 0 Å². The Balaban J connectivity index is 3.04. The summed E-state index contributed by atoms with van der Waals surface area (Å²) in [5, 5.41) is 6.40. The molecule has 0 spiro atoms. The minimum atomic E-state index is -0.261. The van der Waals surface area contributed by atoms with Crippen molar-refractivity contribution in [1.82, 2.24) is 14.8 Å². The molecule has 5 nitrogen and oxygen atoms in total. The first kappa shape index (κ1) is 11.0. The quantitative estimate of drug-likeness (QED) is 0.793. The lowest BCUT2D eigenvalue weighted by atomic mass is 10.2. The minimum Gasteiger partial charge on any atom is -0.358 e. The number of nitrogens with one attached hydrogen (secondary N) is 1. The molecule has 1 atom stereocenters. The second-order valence-corrected chi connectivity index (χ2v) is 3.47. The molecule has 1 aromatic heterocycles. The van der Waals surface area contributed by atoms with Crippen molar-refractivity contribution < 1.29 is 4.74 Å². The fraction of sp³-hybridized carbons (Fsp3) is 0.778. The predicted octanol–water partition coefficient (Wildman–Crippen LogP) is 1.25. The standard InChI is InChI=1S/C9H17N3O2/c1-5-14-7(4)12-8(6(2)3)10-11-9(12)13/h6-7H,5H2,1-4H3,(H,11,13). The van der Waals surface area contributed by atoms with Crippen LogP contribution in [0.15, 0.2) is 4.79 Å². The molecule has 0 aliphatic rings. The van der Waals surface area contributed by atoms with E-state index in [1.165, 1.54) is 0 Å². The van der Waals surface area contributed by atoms with Crippen molar-refractivity contribution in [2.75, 3.05) is 6.61 Å². The molecule has 14 heavy (non-hydrogen) atoms. The van der Waals surface area contributed by atoms with E-state index in [2.05, 4.69) is 10.2 Å². The number of H-pyrrole nitrogens is 1. The molecule has 1 aromatic rings. The van der Waals surface area contributed by atoms with Gasteiger partial charge in [0.2, 0.25) is 0 Å². The smallest absolute Gasteiger partial charge is 0.345 e. The molecule has 0 amide bonds. The van der Waals surface area contributed by atoms with Gasteiger partial charge in [0.25, 0.3) is 0 Å². The van der Waals surface area contributed by atoms with Crippen LogP contribution in [-0.2, 0) is 4.74 Å². The van der Waals surface area contributed by atoms with Crippen molar-refractivity contribution in [3.8, 4) is 0 Å². The maximum absolute atomic E-state index is 11.4. The molecular weight excluding hydrogens is 182 g/mol. The van der Waals surface area contributed by atoms with Crippen LogP contribution in [0.4, 0.5) is 0 Å². The Morgan fingerprint density at radius 1 is 1.50 bits per heavy atom. The van der Waals surface area contributed by atoms with Crippen molar-refractivity contribution in [3.05, 3.63) is 16.3 Å². The number of hydrogen-bond acceptors (Lipinski definition) is 3. The van der Waals surface area contributed by atoms with Crippen molar-refractivity contribution in [2.24, 2.45) is 0 Å². The van der Waals surface area contributed by atoms with E-state index >= 15 is 0 Å². The Morgan fingerprint density at radius 3 is 2.64 bits per heavy atom. The Kier molecular flexibility index (Phi) is 3.46. The van der Waals surface area contributed by atoms with Crippen LogP contribution in [0.25, 0.3) is 0 Å². The van der Waals surface area contributed by atoms with Gasteiger partial charge in [0, 0.05) is 12.5 Å².